The lowest BCUT2D eigenvalue weighted by atomic mass is 9.96. The molecular weight excluding hydrogens is 392 g/mol. The predicted octanol–water partition coefficient (Wildman–Crippen LogP) is 4.67. The lowest BCUT2D eigenvalue weighted by Crippen LogP contribution is -2.44. The quantitative estimate of drug-likeness (QED) is 0.442. The van der Waals surface area contributed by atoms with Gasteiger partial charge < -0.3 is 9.64 Å². The monoisotopic (exact) mass is 420 g/mol. The molecule has 0 saturated carbocycles. The van der Waals surface area contributed by atoms with E-state index in [-0.39, 0.29) is 5.91 Å². The summed E-state index contributed by atoms with van der Waals surface area (Å²) in [5, 5.41) is 10.1. The number of amides is 2. The molecule has 0 atom stereocenters. The van der Waals surface area contributed by atoms with Gasteiger partial charge >= 0.3 is 6.09 Å². The summed E-state index contributed by atoms with van der Waals surface area (Å²) < 4.78 is 5.48. The van der Waals surface area contributed by atoms with Crippen molar-refractivity contribution in [2.45, 2.75) is 52.6 Å². The molecule has 0 spiro atoms. The van der Waals surface area contributed by atoms with E-state index in [1.807, 2.05) is 31.2 Å². The standard InChI is InChI=1S/C24H28N4O3/c1-16-19(18-10-8-17(15-25)9-11-18)12-13-20(27-14-6-5-7-21(27)29)22(16)28(26)23(30)31-24(2,3)4/h8-13H,5-7,14,26H2,1-4H3. The topological polar surface area (TPSA) is 99.7 Å². The third-order valence-electron chi connectivity index (χ3n) is 5.18. The Morgan fingerprint density at radius 3 is 2.42 bits per heavy atom. The van der Waals surface area contributed by atoms with Crippen molar-refractivity contribution in [2.24, 2.45) is 5.84 Å². The highest BCUT2D eigenvalue weighted by Crippen LogP contribution is 2.39. The number of nitrogens with zero attached hydrogens (tertiary/aromatic N) is 3. The molecule has 162 valence electrons. The maximum absolute atomic E-state index is 12.8. The third kappa shape index (κ3) is 4.86. The smallest absolute Gasteiger partial charge is 0.429 e. The van der Waals surface area contributed by atoms with Crippen molar-refractivity contribution in [3.05, 3.63) is 47.5 Å². The SMILES string of the molecule is Cc1c(-c2ccc(C#N)cc2)ccc(N2CCCCC2=O)c1N(N)C(=O)OC(C)(C)C. The number of anilines is 2. The zero-order valence-corrected chi connectivity index (χ0v) is 18.4. The molecule has 1 saturated heterocycles. The Labute approximate surface area is 183 Å². The third-order valence-corrected chi connectivity index (χ3v) is 5.18. The van der Waals surface area contributed by atoms with Crippen LogP contribution in [0, 0.1) is 18.3 Å². The fourth-order valence-corrected chi connectivity index (χ4v) is 3.71. The zero-order chi connectivity index (χ0) is 22.8. The van der Waals surface area contributed by atoms with Crippen LogP contribution < -0.4 is 15.8 Å². The Morgan fingerprint density at radius 2 is 1.84 bits per heavy atom. The van der Waals surface area contributed by atoms with Crippen LogP contribution in [0.4, 0.5) is 16.2 Å². The number of nitriles is 1. The van der Waals surface area contributed by atoms with E-state index in [2.05, 4.69) is 6.07 Å². The second kappa shape index (κ2) is 8.78. The maximum Gasteiger partial charge on any atom is 0.429 e. The summed E-state index contributed by atoms with van der Waals surface area (Å²) in [4.78, 5) is 27.1. The van der Waals surface area contributed by atoms with Gasteiger partial charge in [0.25, 0.3) is 0 Å². The summed E-state index contributed by atoms with van der Waals surface area (Å²) >= 11 is 0. The van der Waals surface area contributed by atoms with Crippen molar-refractivity contribution in [1.82, 2.24) is 0 Å². The molecule has 1 heterocycles. The number of carbonyl (C=O) groups is 2. The summed E-state index contributed by atoms with van der Waals surface area (Å²) in [5.74, 6) is 6.28. The number of rotatable bonds is 3. The van der Waals surface area contributed by atoms with Gasteiger partial charge in [0.15, 0.2) is 0 Å². The highest BCUT2D eigenvalue weighted by Gasteiger charge is 2.30. The van der Waals surface area contributed by atoms with E-state index < -0.39 is 11.7 Å². The molecule has 7 nitrogen and oxygen atoms in total. The van der Waals surface area contributed by atoms with Gasteiger partial charge in [-0.25, -0.2) is 15.6 Å². The summed E-state index contributed by atoms with van der Waals surface area (Å²) in [6.45, 7) is 7.75. The van der Waals surface area contributed by atoms with Gasteiger partial charge in [0.2, 0.25) is 5.91 Å². The summed E-state index contributed by atoms with van der Waals surface area (Å²) in [7, 11) is 0. The van der Waals surface area contributed by atoms with Crippen molar-refractivity contribution in [3.63, 3.8) is 0 Å². The Bertz CT molecular complexity index is 1030. The predicted molar refractivity (Wildman–Crippen MR) is 120 cm³/mol. The Morgan fingerprint density at radius 1 is 1.16 bits per heavy atom. The number of hydrogen-bond donors (Lipinski definition) is 1. The van der Waals surface area contributed by atoms with E-state index in [0.29, 0.717) is 29.9 Å². The number of carbonyl (C=O) groups excluding carboxylic acids is 2. The van der Waals surface area contributed by atoms with E-state index >= 15 is 0 Å². The molecular formula is C24H28N4O3. The van der Waals surface area contributed by atoms with Gasteiger partial charge in [0.05, 0.1) is 23.0 Å². The molecule has 0 radical (unpaired) electrons. The van der Waals surface area contributed by atoms with Gasteiger partial charge in [-0.3, -0.25) is 4.79 Å². The Balaban J connectivity index is 2.13. The van der Waals surface area contributed by atoms with Crippen LogP contribution in [-0.4, -0.2) is 24.1 Å². The van der Waals surface area contributed by atoms with Gasteiger partial charge in [0.1, 0.15) is 5.60 Å². The molecule has 2 aromatic rings. The largest absolute Gasteiger partial charge is 0.442 e. The second-order valence-electron chi connectivity index (χ2n) is 8.65. The van der Waals surface area contributed by atoms with Crippen molar-refractivity contribution in [1.29, 1.82) is 5.26 Å². The Hall–Kier alpha value is -3.37. The minimum Gasteiger partial charge on any atom is -0.442 e. The fourth-order valence-electron chi connectivity index (χ4n) is 3.71. The molecule has 1 aliphatic heterocycles. The number of piperidine rings is 1. The number of nitrogens with two attached hydrogens (primary N) is 1. The first-order valence-corrected chi connectivity index (χ1v) is 10.3. The molecule has 2 amide bonds. The molecule has 1 aliphatic rings. The number of ether oxygens (including phenoxy) is 1. The summed E-state index contributed by atoms with van der Waals surface area (Å²) in [6.07, 6.45) is 1.51. The van der Waals surface area contributed by atoms with E-state index in [1.54, 1.807) is 37.8 Å². The lowest BCUT2D eigenvalue weighted by Gasteiger charge is -2.33. The van der Waals surface area contributed by atoms with Crippen LogP contribution in [0.1, 0.15) is 51.2 Å². The minimum atomic E-state index is -0.714. The molecule has 2 N–H and O–H groups in total. The molecule has 0 aliphatic carbocycles. The molecule has 0 unspecified atom stereocenters. The van der Waals surface area contributed by atoms with E-state index in [4.69, 9.17) is 15.8 Å². The van der Waals surface area contributed by atoms with Crippen molar-refractivity contribution < 1.29 is 14.3 Å². The van der Waals surface area contributed by atoms with Crippen LogP contribution >= 0.6 is 0 Å². The summed E-state index contributed by atoms with van der Waals surface area (Å²) in [5.41, 5.74) is 3.35. The van der Waals surface area contributed by atoms with Gasteiger partial charge in [-0.2, -0.15) is 5.26 Å². The van der Waals surface area contributed by atoms with Crippen LogP contribution in [0.5, 0.6) is 0 Å². The van der Waals surface area contributed by atoms with Crippen LogP contribution in [-0.2, 0) is 9.53 Å². The van der Waals surface area contributed by atoms with Crippen LogP contribution in [0.2, 0.25) is 0 Å². The van der Waals surface area contributed by atoms with Gasteiger partial charge in [-0.1, -0.05) is 18.2 Å². The average Bonchev–Trinajstić information content (AvgIpc) is 2.72. The van der Waals surface area contributed by atoms with Crippen molar-refractivity contribution in [3.8, 4) is 17.2 Å². The molecule has 1 fully saturated rings. The van der Waals surface area contributed by atoms with E-state index in [0.717, 1.165) is 34.5 Å². The molecule has 31 heavy (non-hydrogen) atoms. The molecule has 0 bridgehead atoms. The van der Waals surface area contributed by atoms with Crippen LogP contribution in [0.25, 0.3) is 11.1 Å². The lowest BCUT2D eigenvalue weighted by molar-refractivity contribution is -0.119. The second-order valence-corrected chi connectivity index (χ2v) is 8.65. The molecule has 2 aromatic carbocycles. The fraction of sp³-hybridized carbons (Fsp3) is 0.375. The molecule has 0 aromatic heterocycles. The average molecular weight is 421 g/mol. The number of hydrogen-bond acceptors (Lipinski definition) is 5. The number of benzene rings is 2. The zero-order valence-electron chi connectivity index (χ0n) is 18.4. The number of hydrazine groups is 1. The van der Waals surface area contributed by atoms with Crippen molar-refractivity contribution >= 4 is 23.4 Å². The highest BCUT2D eigenvalue weighted by molar-refractivity contribution is 6.02. The first-order valence-electron chi connectivity index (χ1n) is 10.3. The molecule has 3 rings (SSSR count). The minimum absolute atomic E-state index is 0.00983. The van der Waals surface area contributed by atoms with Crippen molar-refractivity contribution in [2.75, 3.05) is 16.5 Å². The highest BCUT2D eigenvalue weighted by atomic mass is 16.6. The normalized spacial score (nSPS) is 14.2. The maximum atomic E-state index is 12.8. The van der Waals surface area contributed by atoms with Gasteiger partial charge in [-0.05, 0) is 75.4 Å². The van der Waals surface area contributed by atoms with Crippen LogP contribution in [0.3, 0.4) is 0 Å². The molecule has 7 heteroatoms. The first-order chi connectivity index (χ1) is 14.6. The Kier molecular flexibility index (Phi) is 6.32. The summed E-state index contributed by atoms with van der Waals surface area (Å²) in [6, 6.07) is 13.0. The van der Waals surface area contributed by atoms with E-state index in [1.165, 1.54) is 0 Å². The van der Waals surface area contributed by atoms with E-state index in [9.17, 15) is 9.59 Å². The van der Waals surface area contributed by atoms with Crippen LogP contribution in [0.15, 0.2) is 36.4 Å². The van der Waals surface area contributed by atoms with Gasteiger partial charge in [-0.15, -0.1) is 0 Å². The van der Waals surface area contributed by atoms with Gasteiger partial charge in [0, 0.05) is 13.0 Å². The first kappa shape index (κ1) is 22.3.